The summed E-state index contributed by atoms with van der Waals surface area (Å²) in [4.78, 5) is 38.1. The van der Waals surface area contributed by atoms with Crippen molar-refractivity contribution in [1.29, 1.82) is 0 Å². The molecule has 6 heteroatoms. The Balaban J connectivity index is 4.46. The van der Waals surface area contributed by atoms with Gasteiger partial charge >= 0.3 is 17.9 Å². The van der Waals surface area contributed by atoms with Crippen molar-refractivity contribution in [2.75, 3.05) is 13.2 Å². The van der Waals surface area contributed by atoms with Crippen LogP contribution in [0.3, 0.4) is 0 Å². The highest BCUT2D eigenvalue weighted by Crippen LogP contribution is 2.16. The smallest absolute Gasteiger partial charge is 0.306 e. The maximum absolute atomic E-state index is 12.8. The van der Waals surface area contributed by atoms with Crippen molar-refractivity contribution in [3.05, 3.63) is 85.1 Å². The van der Waals surface area contributed by atoms with Crippen LogP contribution in [0.15, 0.2) is 85.1 Å². The summed E-state index contributed by atoms with van der Waals surface area (Å²) in [5.74, 6) is -0.959. The zero-order chi connectivity index (χ0) is 47.9. The van der Waals surface area contributed by atoms with E-state index in [2.05, 4.69) is 106 Å². The summed E-state index contributed by atoms with van der Waals surface area (Å²) in [6.07, 6.45) is 70.0. The van der Waals surface area contributed by atoms with Crippen molar-refractivity contribution in [1.82, 2.24) is 0 Å². The van der Waals surface area contributed by atoms with Gasteiger partial charge in [0.15, 0.2) is 6.10 Å². The summed E-state index contributed by atoms with van der Waals surface area (Å²) in [5, 5.41) is 0. The van der Waals surface area contributed by atoms with Crippen molar-refractivity contribution >= 4 is 17.9 Å². The van der Waals surface area contributed by atoms with Gasteiger partial charge in [0.25, 0.3) is 0 Å². The first-order chi connectivity index (χ1) is 32.5. The number of allylic oxidation sites excluding steroid dienone is 14. The Labute approximate surface area is 407 Å². The van der Waals surface area contributed by atoms with Gasteiger partial charge in [-0.15, -0.1) is 0 Å². The van der Waals surface area contributed by atoms with Gasteiger partial charge in [-0.1, -0.05) is 241 Å². The highest BCUT2D eigenvalue weighted by Gasteiger charge is 2.19. The molecular formula is C60H102O6. The van der Waals surface area contributed by atoms with Crippen LogP contribution in [0.5, 0.6) is 0 Å². The molecule has 0 aromatic carbocycles. The van der Waals surface area contributed by atoms with Crippen LogP contribution in [-0.4, -0.2) is 37.2 Å². The first-order valence-electron chi connectivity index (χ1n) is 27.6. The van der Waals surface area contributed by atoms with Crippen LogP contribution < -0.4 is 0 Å². The molecule has 0 aromatic heterocycles. The fourth-order valence-electron chi connectivity index (χ4n) is 7.58. The largest absolute Gasteiger partial charge is 0.462 e. The van der Waals surface area contributed by atoms with E-state index in [-0.39, 0.29) is 37.5 Å². The fraction of sp³-hybridized carbons (Fsp3) is 0.717. The molecule has 0 aliphatic heterocycles. The maximum Gasteiger partial charge on any atom is 0.306 e. The second-order valence-electron chi connectivity index (χ2n) is 18.1. The van der Waals surface area contributed by atoms with Crippen LogP contribution in [-0.2, 0) is 28.6 Å². The van der Waals surface area contributed by atoms with Crippen LogP contribution in [0.2, 0.25) is 0 Å². The lowest BCUT2D eigenvalue weighted by Crippen LogP contribution is -2.30. The van der Waals surface area contributed by atoms with Crippen molar-refractivity contribution in [2.24, 2.45) is 0 Å². The molecule has 0 bridgehead atoms. The van der Waals surface area contributed by atoms with Gasteiger partial charge in [-0.05, 0) is 83.5 Å². The van der Waals surface area contributed by atoms with E-state index in [4.69, 9.17) is 14.2 Å². The number of carbonyl (C=O) groups is 3. The fourth-order valence-corrected chi connectivity index (χ4v) is 7.58. The van der Waals surface area contributed by atoms with Crippen LogP contribution >= 0.6 is 0 Å². The van der Waals surface area contributed by atoms with E-state index in [9.17, 15) is 14.4 Å². The predicted molar refractivity (Wildman–Crippen MR) is 284 cm³/mol. The van der Waals surface area contributed by atoms with E-state index >= 15 is 0 Å². The Bertz CT molecular complexity index is 1290. The number of ether oxygens (including phenoxy) is 3. The molecule has 0 radical (unpaired) electrons. The molecule has 1 unspecified atom stereocenters. The average Bonchev–Trinajstić information content (AvgIpc) is 3.31. The monoisotopic (exact) mass is 919 g/mol. The molecule has 0 aromatic rings. The molecule has 0 heterocycles. The lowest BCUT2D eigenvalue weighted by Gasteiger charge is -2.18. The number of esters is 3. The van der Waals surface area contributed by atoms with E-state index in [0.29, 0.717) is 19.3 Å². The van der Waals surface area contributed by atoms with Gasteiger partial charge in [0.05, 0.1) is 0 Å². The minimum Gasteiger partial charge on any atom is -0.462 e. The van der Waals surface area contributed by atoms with Gasteiger partial charge in [0.1, 0.15) is 13.2 Å². The molecule has 0 aliphatic carbocycles. The molecule has 0 rings (SSSR count). The summed E-state index contributed by atoms with van der Waals surface area (Å²) in [6.45, 7) is 6.38. The van der Waals surface area contributed by atoms with E-state index < -0.39 is 6.10 Å². The Morgan fingerprint density at radius 3 is 0.985 bits per heavy atom. The molecule has 0 spiro atoms. The van der Waals surface area contributed by atoms with Gasteiger partial charge in [-0.2, -0.15) is 0 Å². The second-order valence-corrected chi connectivity index (χ2v) is 18.1. The lowest BCUT2D eigenvalue weighted by atomic mass is 10.0. The normalized spacial score (nSPS) is 12.7. The van der Waals surface area contributed by atoms with Crippen LogP contribution in [0.4, 0.5) is 0 Å². The minimum absolute atomic E-state index is 0.0970. The van der Waals surface area contributed by atoms with Gasteiger partial charge in [0.2, 0.25) is 0 Å². The molecule has 0 saturated carbocycles. The van der Waals surface area contributed by atoms with Gasteiger partial charge < -0.3 is 14.2 Å². The van der Waals surface area contributed by atoms with Gasteiger partial charge in [0, 0.05) is 19.3 Å². The number of carbonyl (C=O) groups excluding carboxylic acids is 3. The first-order valence-corrected chi connectivity index (χ1v) is 27.6. The highest BCUT2D eigenvalue weighted by molar-refractivity contribution is 5.71. The van der Waals surface area contributed by atoms with Gasteiger partial charge in [-0.3, -0.25) is 14.4 Å². The summed E-state index contributed by atoms with van der Waals surface area (Å²) < 4.78 is 16.8. The summed E-state index contributed by atoms with van der Waals surface area (Å²) >= 11 is 0. The predicted octanol–water partition coefficient (Wildman–Crippen LogP) is 18.4. The third-order valence-electron chi connectivity index (χ3n) is 11.6. The molecule has 1 atom stereocenters. The minimum atomic E-state index is -0.801. The van der Waals surface area contributed by atoms with E-state index in [1.54, 1.807) is 0 Å². The highest BCUT2D eigenvalue weighted by atomic mass is 16.6. The third-order valence-corrected chi connectivity index (χ3v) is 11.6. The molecule has 0 saturated heterocycles. The topological polar surface area (TPSA) is 78.9 Å². The van der Waals surface area contributed by atoms with Crippen LogP contribution in [0.1, 0.15) is 258 Å². The SMILES string of the molecule is CC/C=C\C/C=C\C/C=C\C/C=C\C/C=C\CCCC(=O)OCC(COC(=O)CCCCCCCCC/C=C\C/C=C\CC)OC(=O)CCCCCCCCCCCCCCCCCCC. The Morgan fingerprint density at radius 2 is 0.606 bits per heavy atom. The Hall–Kier alpha value is -3.41. The van der Waals surface area contributed by atoms with E-state index in [1.165, 1.54) is 116 Å². The third kappa shape index (κ3) is 51.6. The van der Waals surface area contributed by atoms with E-state index in [1.807, 2.05) is 0 Å². The van der Waals surface area contributed by atoms with Crippen molar-refractivity contribution < 1.29 is 28.6 Å². The summed E-state index contributed by atoms with van der Waals surface area (Å²) in [5.41, 5.74) is 0. The van der Waals surface area contributed by atoms with Crippen LogP contribution in [0, 0.1) is 0 Å². The summed E-state index contributed by atoms with van der Waals surface area (Å²) in [6, 6.07) is 0. The zero-order valence-corrected chi connectivity index (χ0v) is 43.2. The molecule has 378 valence electrons. The van der Waals surface area contributed by atoms with Crippen molar-refractivity contribution in [2.45, 2.75) is 264 Å². The molecule has 0 N–H and O–H groups in total. The average molecular weight is 919 g/mol. The Morgan fingerprint density at radius 1 is 0.318 bits per heavy atom. The quantitative estimate of drug-likeness (QED) is 0.0262. The van der Waals surface area contributed by atoms with Gasteiger partial charge in [-0.25, -0.2) is 0 Å². The standard InChI is InChI=1S/C60H102O6/c1-4-7-10-13-16-19-22-25-28-30-32-35-38-41-44-47-50-53-59(62)65-56-57(55-64-58(61)52-49-46-43-40-37-34-27-24-21-18-15-12-9-6-3)66-60(63)54-51-48-45-42-39-36-33-31-29-26-23-20-17-14-11-8-5-2/h7,9-10,12,16,18-19,21,25,28,32,35,41,44,57H,4-6,8,11,13-15,17,20,22-24,26-27,29-31,33-34,36-40,42-43,45-56H2,1-3H3/b10-7-,12-9-,19-16-,21-18-,28-25-,35-32-,44-41-. The van der Waals surface area contributed by atoms with Crippen molar-refractivity contribution in [3.8, 4) is 0 Å². The molecule has 6 nitrogen and oxygen atoms in total. The number of unbranched alkanes of at least 4 members (excludes halogenated alkanes) is 24. The summed E-state index contributed by atoms with van der Waals surface area (Å²) in [7, 11) is 0. The number of hydrogen-bond donors (Lipinski definition) is 0. The van der Waals surface area contributed by atoms with Crippen molar-refractivity contribution in [3.63, 3.8) is 0 Å². The molecule has 66 heavy (non-hydrogen) atoms. The maximum atomic E-state index is 12.8. The van der Waals surface area contributed by atoms with E-state index in [0.717, 1.165) is 96.3 Å². The van der Waals surface area contributed by atoms with Crippen LogP contribution in [0.25, 0.3) is 0 Å². The molecule has 0 fully saturated rings. The number of rotatable bonds is 49. The molecule has 0 aliphatic rings. The lowest BCUT2D eigenvalue weighted by molar-refractivity contribution is -0.167. The zero-order valence-electron chi connectivity index (χ0n) is 43.2. The second kappa shape index (κ2) is 54.2. The Kier molecular flexibility index (Phi) is 51.4. The molecule has 0 amide bonds. The first kappa shape index (κ1) is 62.6. The molecular weight excluding hydrogens is 817 g/mol. The number of hydrogen-bond acceptors (Lipinski definition) is 6.